The summed E-state index contributed by atoms with van der Waals surface area (Å²) in [5.41, 5.74) is 7.35. The lowest BCUT2D eigenvalue weighted by Gasteiger charge is -2.08. The molecule has 0 radical (unpaired) electrons. The Hall–Kier alpha value is -1.33. The fraction of sp³-hybridized carbons (Fsp3) is 0.0833. The highest BCUT2D eigenvalue weighted by atomic mass is 79.9. The van der Waals surface area contributed by atoms with Gasteiger partial charge in [-0.25, -0.2) is 0 Å². The van der Waals surface area contributed by atoms with Gasteiger partial charge < -0.3 is 10.5 Å². The first-order chi connectivity index (χ1) is 8.15. The molecular formula is C12H10BrNO2S. The molecule has 1 aromatic carbocycles. The molecule has 0 atom stereocenters. The number of rotatable bonds is 3. The van der Waals surface area contributed by atoms with Gasteiger partial charge >= 0.3 is 0 Å². The highest BCUT2D eigenvalue weighted by molar-refractivity contribution is 9.10. The molecule has 3 nitrogen and oxygen atoms in total. The number of carbonyl (C=O) groups excluding carboxylic acids is 1. The number of nitrogen functional groups attached to an aromatic ring is 1. The second-order valence-corrected chi connectivity index (χ2v) is 4.98. The average Bonchev–Trinajstić information content (AvgIpc) is 2.75. The molecule has 2 N–H and O–H groups in total. The topological polar surface area (TPSA) is 52.3 Å². The van der Waals surface area contributed by atoms with Gasteiger partial charge in [0.2, 0.25) is 0 Å². The molecule has 1 heterocycles. The quantitative estimate of drug-likeness (QED) is 0.698. The van der Waals surface area contributed by atoms with Crippen molar-refractivity contribution in [3.63, 3.8) is 0 Å². The zero-order valence-corrected chi connectivity index (χ0v) is 11.5. The van der Waals surface area contributed by atoms with Crippen LogP contribution >= 0.6 is 27.3 Å². The summed E-state index contributed by atoms with van der Waals surface area (Å²) >= 11 is 4.81. The molecule has 0 aliphatic rings. The van der Waals surface area contributed by atoms with Crippen LogP contribution in [0.3, 0.4) is 0 Å². The standard InChI is InChI=1S/C12H10BrNO2S/c1-16-10-4-2-3-7(11(10)14)12(15)8-5-17-6-9(8)13/h2-6H,14H2,1H3. The normalized spacial score (nSPS) is 10.2. The van der Waals surface area contributed by atoms with E-state index in [1.807, 2.05) is 5.38 Å². The molecule has 0 saturated heterocycles. The van der Waals surface area contributed by atoms with Crippen LogP contribution in [0.4, 0.5) is 5.69 Å². The fourth-order valence-corrected chi connectivity index (χ4v) is 2.96. The largest absolute Gasteiger partial charge is 0.495 e. The van der Waals surface area contributed by atoms with Gasteiger partial charge in [0.25, 0.3) is 0 Å². The van der Waals surface area contributed by atoms with E-state index in [9.17, 15) is 4.79 Å². The second kappa shape index (κ2) is 4.89. The van der Waals surface area contributed by atoms with Crippen LogP contribution in [0, 0.1) is 0 Å². The Bertz CT molecular complexity index is 565. The molecule has 17 heavy (non-hydrogen) atoms. The summed E-state index contributed by atoms with van der Waals surface area (Å²) in [6.07, 6.45) is 0. The van der Waals surface area contributed by atoms with Crippen LogP contribution in [-0.4, -0.2) is 12.9 Å². The number of benzene rings is 1. The van der Waals surface area contributed by atoms with E-state index in [1.165, 1.54) is 18.4 Å². The van der Waals surface area contributed by atoms with Crippen molar-refractivity contribution < 1.29 is 9.53 Å². The van der Waals surface area contributed by atoms with Crippen molar-refractivity contribution in [2.45, 2.75) is 0 Å². The first-order valence-electron chi connectivity index (χ1n) is 4.84. The summed E-state index contributed by atoms with van der Waals surface area (Å²) in [7, 11) is 1.53. The zero-order chi connectivity index (χ0) is 12.4. The molecule has 0 aliphatic carbocycles. The van der Waals surface area contributed by atoms with Crippen LogP contribution in [0.15, 0.2) is 33.4 Å². The minimum atomic E-state index is -0.102. The molecular weight excluding hydrogens is 302 g/mol. The minimum Gasteiger partial charge on any atom is -0.495 e. The fourth-order valence-electron chi connectivity index (χ4n) is 1.51. The molecule has 0 amide bonds. The van der Waals surface area contributed by atoms with Gasteiger partial charge in [-0.15, -0.1) is 0 Å². The molecule has 0 fully saturated rings. The minimum absolute atomic E-state index is 0.102. The molecule has 2 aromatic rings. The summed E-state index contributed by atoms with van der Waals surface area (Å²) in [4.78, 5) is 12.3. The zero-order valence-electron chi connectivity index (χ0n) is 9.07. The van der Waals surface area contributed by atoms with E-state index in [-0.39, 0.29) is 5.78 Å². The van der Waals surface area contributed by atoms with Crippen LogP contribution in [0.25, 0.3) is 0 Å². The highest BCUT2D eigenvalue weighted by Gasteiger charge is 2.17. The summed E-state index contributed by atoms with van der Waals surface area (Å²) in [6.45, 7) is 0. The summed E-state index contributed by atoms with van der Waals surface area (Å²) in [5, 5.41) is 3.66. The molecule has 88 valence electrons. The van der Waals surface area contributed by atoms with Gasteiger partial charge in [0, 0.05) is 26.4 Å². The maximum absolute atomic E-state index is 12.3. The lowest BCUT2D eigenvalue weighted by Crippen LogP contribution is -2.06. The Kier molecular flexibility index (Phi) is 3.49. The van der Waals surface area contributed by atoms with Crippen molar-refractivity contribution in [2.75, 3.05) is 12.8 Å². The van der Waals surface area contributed by atoms with E-state index in [4.69, 9.17) is 10.5 Å². The highest BCUT2D eigenvalue weighted by Crippen LogP contribution is 2.30. The third-order valence-electron chi connectivity index (χ3n) is 2.39. The molecule has 0 saturated carbocycles. The molecule has 5 heteroatoms. The van der Waals surface area contributed by atoms with Gasteiger partial charge in [0.15, 0.2) is 5.78 Å². The number of ketones is 1. The molecule has 0 bridgehead atoms. The van der Waals surface area contributed by atoms with Crippen LogP contribution in [0.5, 0.6) is 5.75 Å². The molecule has 1 aromatic heterocycles. The number of methoxy groups -OCH3 is 1. The van der Waals surface area contributed by atoms with Gasteiger partial charge in [0.05, 0.1) is 12.8 Å². The Morgan fingerprint density at radius 3 is 2.71 bits per heavy atom. The van der Waals surface area contributed by atoms with Crippen LogP contribution in [-0.2, 0) is 0 Å². The molecule has 0 unspecified atom stereocenters. The van der Waals surface area contributed by atoms with Gasteiger partial charge in [-0.3, -0.25) is 4.79 Å². The molecule has 0 spiro atoms. The monoisotopic (exact) mass is 311 g/mol. The van der Waals surface area contributed by atoms with E-state index in [1.54, 1.807) is 23.6 Å². The average molecular weight is 312 g/mol. The maximum atomic E-state index is 12.3. The van der Waals surface area contributed by atoms with Crippen LogP contribution in [0.2, 0.25) is 0 Å². The predicted molar refractivity (Wildman–Crippen MR) is 72.9 cm³/mol. The Labute approximate surface area is 111 Å². The number of ether oxygens (including phenoxy) is 1. The Morgan fingerprint density at radius 2 is 2.12 bits per heavy atom. The van der Waals surface area contributed by atoms with E-state index in [0.29, 0.717) is 22.6 Å². The van der Waals surface area contributed by atoms with Crippen molar-refractivity contribution in [3.05, 3.63) is 44.6 Å². The number of nitrogens with two attached hydrogens (primary N) is 1. The van der Waals surface area contributed by atoms with Crippen molar-refractivity contribution in [1.29, 1.82) is 0 Å². The number of hydrogen-bond donors (Lipinski definition) is 1. The van der Waals surface area contributed by atoms with E-state index < -0.39 is 0 Å². The van der Waals surface area contributed by atoms with Crippen molar-refractivity contribution >= 4 is 38.7 Å². The SMILES string of the molecule is COc1cccc(C(=O)c2cscc2Br)c1N. The molecule has 0 aliphatic heterocycles. The number of anilines is 1. The lowest BCUT2D eigenvalue weighted by atomic mass is 10.0. The number of hydrogen-bond acceptors (Lipinski definition) is 4. The number of halogens is 1. The van der Waals surface area contributed by atoms with Gasteiger partial charge in [0.1, 0.15) is 5.75 Å². The summed E-state index contributed by atoms with van der Waals surface area (Å²) < 4.78 is 5.88. The number of carbonyl (C=O) groups is 1. The number of para-hydroxylation sites is 1. The Balaban J connectivity index is 2.48. The Morgan fingerprint density at radius 1 is 1.35 bits per heavy atom. The van der Waals surface area contributed by atoms with E-state index in [2.05, 4.69) is 15.9 Å². The summed E-state index contributed by atoms with van der Waals surface area (Å²) in [6, 6.07) is 5.18. The second-order valence-electron chi connectivity index (χ2n) is 3.38. The van der Waals surface area contributed by atoms with Gasteiger partial charge in [-0.2, -0.15) is 11.3 Å². The van der Waals surface area contributed by atoms with E-state index >= 15 is 0 Å². The van der Waals surface area contributed by atoms with Gasteiger partial charge in [-0.1, -0.05) is 6.07 Å². The predicted octanol–water partition coefficient (Wildman–Crippen LogP) is 3.33. The van der Waals surface area contributed by atoms with Crippen molar-refractivity contribution in [2.24, 2.45) is 0 Å². The molecule has 2 rings (SSSR count). The van der Waals surface area contributed by atoms with Crippen molar-refractivity contribution in [3.8, 4) is 5.75 Å². The third kappa shape index (κ3) is 2.21. The van der Waals surface area contributed by atoms with Crippen molar-refractivity contribution in [1.82, 2.24) is 0 Å². The first-order valence-corrected chi connectivity index (χ1v) is 6.57. The lowest BCUT2D eigenvalue weighted by molar-refractivity contribution is 0.103. The first kappa shape index (κ1) is 12.1. The maximum Gasteiger partial charge on any atom is 0.197 e. The van der Waals surface area contributed by atoms with Crippen LogP contribution in [0.1, 0.15) is 15.9 Å². The van der Waals surface area contributed by atoms with E-state index in [0.717, 1.165) is 4.47 Å². The van der Waals surface area contributed by atoms with Gasteiger partial charge in [-0.05, 0) is 28.1 Å². The van der Waals surface area contributed by atoms with Crippen LogP contribution < -0.4 is 10.5 Å². The number of thiophene rings is 1. The third-order valence-corrected chi connectivity index (χ3v) is 4.09. The summed E-state index contributed by atoms with van der Waals surface area (Å²) in [5.74, 6) is 0.414. The smallest absolute Gasteiger partial charge is 0.197 e.